The third kappa shape index (κ3) is 3.43. The molecule has 138 valence electrons. The predicted octanol–water partition coefficient (Wildman–Crippen LogP) is 6.07. The maximum absolute atomic E-state index is 12.9. The minimum atomic E-state index is -4.43. The Bertz CT molecular complexity index is 951. The van der Waals surface area contributed by atoms with Gasteiger partial charge in [-0.05, 0) is 41.8 Å². The molecule has 0 aliphatic heterocycles. The van der Waals surface area contributed by atoms with Gasteiger partial charge in [0.15, 0.2) is 0 Å². The SMILES string of the molecule is OC1CC(c2ccccc2)c2cccc(Oc3cccc(C(F)(F)F)c3)c21. The fourth-order valence-corrected chi connectivity index (χ4v) is 3.64. The van der Waals surface area contributed by atoms with Crippen molar-refractivity contribution in [2.45, 2.75) is 24.6 Å². The van der Waals surface area contributed by atoms with E-state index in [9.17, 15) is 18.3 Å². The number of aliphatic hydroxyl groups is 1. The highest BCUT2D eigenvalue weighted by Crippen LogP contribution is 2.48. The fourth-order valence-electron chi connectivity index (χ4n) is 3.64. The fraction of sp³-hybridized carbons (Fsp3) is 0.182. The zero-order valence-electron chi connectivity index (χ0n) is 14.3. The summed E-state index contributed by atoms with van der Waals surface area (Å²) in [5.41, 5.74) is 1.91. The molecule has 2 unspecified atom stereocenters. The second kappa shape index (κ2) is 6.74. The lowest BCUT2D eigenvalue weighted by molar-refractivity contribution is -0.137. The summed E-state index contributed by atoms with van der Waals surface area (Å²) in [6.07, 6.45) is -4.65. The molecular weight excluding hydrogens is 353 g/mol. The number of rotatable bonds is 3. The number of hydrogen-bond acceptors (Lipinski definition) is 2. The molecule has 3 aromatic carbocycles. The lowest BCUT2D eigenvalue weighted by Gasteiger charge is -2.15. The largest absolute Gasteiger partial charge is 0.457 e. The van der Waals surface area contributed by atoms with Gasteiger partial charge in [0.25, 0.3) is 0 Å². The van der Waals surface area contributed by atoms with Crippen molar-refractivity contribution in [2.75, 3.05) is 0 Å². The van der Waals surface area contributed by atoms with Crippen LogP contribution in [0.5, 0.6) is 11.5 Å². The van der Waals surface area contributed by atoms with Gasteiger partial charge in [0.1, 0.15) is 11.5 Å². The van der Waals surface area contributed by atoms with Crippen LogP contribution in [0.2, 0.25) is 0 Å². The first-order chi connectivity index (χ1) is 12.9. The second-order valence-electron chi connectivity index (χ2n) is 6.60. The van der Waals surface area contributed by atoms with Gasteiger partial charge in [-0.15, -0.1) is 0 Å². The van der Waals surface area contributed by atoms with E-state index in [2.05, 4.69) is 0 Å². The number of fused-ring (bicyclic) bond motifs is 1. The van der Waals surface area contributed by atoms with Gasteiger partial charge in [-0.2, -0.15) is 13.2 Å². The van der Waals surface area contributed by atoms with Gasteiger partial charge in [-0.3, -0.25) is 0 Å². The monoisotopic (exact) mass is 370 g/mol. The van der Waals surface area contributed by atoms with Crippen LogP contribution in [0.3, 0.4) is 0 Å². The highest BCUT2D eigenvalue weighted by atomic mass is 19.4. The molecule has 1 aliphatic rings. The van der Waals surface area contributed by atoms with Gasteiger partial charge in [-0.25, -0.2) is 0 Å². The van der Waals surface area contributed by atoms with E-state index in [0.717, 1.165) is 23.3 Å². The van der Waals surface area contributed by atoms with Crippen molar-refractivity contribution >= 4 is 0 Å². The molecule has 0 saturated heterocycles. The van der Waals surface area contributed by atoms with Crippen LogP contribution in [-0.2, 0) is 6.18 Å². The van der Waals surface area contributed by atoms with Crippen molar-refractivity contribution in [3.63, 3.8) is 0 Å². The van der Waals surface area contributed by atoms with Gasteiger partial charge in [0.2, 0.25) is 0 Å². The van der Waals surface area contributed by atoms with Crippen molar-refractivity contribution in [3.05, 3.63) is 95.1 Å². The molecule has 0 saturated carbocycles. The smallest absolute Gasteiger partial charge is 0.416 e. The van der Waals surface area contributed by atoms with Crippen LogP contribution in [0, 0.1) is 0 Å². The molecular formula is C22H17F3O2. The first-order valence-electron chi connectivity index (χ1n) is 8.64. The van der Waals surface area contributed by atoms with Crippen molar-refractivity contribution in [2.24, 2.45) is 0 Å². The third-order valence-corrected chi connectivity index (χ3v) is 4.86. The molecule has 0 radical (unpaired) electrons. The summed E-state index contributed by atoms with van der Waals surface area (Å²) in [5, 5.41) is 10.6. The van der Waals surface area contributed by atoms with E-state index in [4.69, 9.17) is 4.74 Å². The Kier molecular flexibility index (Phi) is 4.40. The topological polar surface area (TPSA) is 29.5 Å². The predicted molar refractivity (Wildman–Crippen MR) is 95.8 cm³/mol. The Morgan fingerprint density at radius 1 is 0.889 bits per heavy atom. The number of hydrogen-bond donors (Lipinski definition) is 1. The van der Waals surface area contributed by atoms with Gasteiger partial charge >= 0.3 is 6.18 Å². The van der Waals surface area contributed by atoms with Crippen LogP contribution >= 0.6 is 0 Å². The number of ether oxygens (including phenoxy) is 1. The molecule has 0 spiro atoms. The molecule has 2 atom stereocenters. The summed E-state index contributed by atoms with van der Waals surface area (Å²) in [5.74, 6) is 0.507. The average molecular weight is 370 g/mol. The molecule has 4 rings (SSSR count). The van der Waals surface area contributed by atoms with Gasteiger partial charge in [-0.1, -0.05) is 48.5 Å². The number of aliphatic hydroxyl groups excluding tert-OH is 1. The van der Waals surface area contributed by atoms with Crippen molar-refractivity contribution in [3.8, 4) is 11.5 Å². The Morgan fingerprint density at radius 3 is 2.37 bits per heavy atom. The Labute approximate surface area is 154 Å². The molecule has 0 bridgehead atoms. The summed E-state index contributed by atoms with van der Waals surface area (Å²) >= 11 is 0. The van der Waals surface area contributed by atoms with E-state index in [0.29, 0.717) is 17.7 Å². The molecule has 5 heteroatoms. The Hall–Kier alpha value is -2.79. The minimum Gasteiger partial charge on any atom is -0.457 e. The number of halogens is 3. The van der Waals surface area contributed by atoms with Gasteiger partial charge in [0, 0.05) is 11.5 Å². The van der Waals surface area contributed by atoms with Gasteiger partial charge < -0.3 is 9.84 Å². The first-order valence-corrected chi connectivity index (χ1v) is 8.64. The number of alkyl halides is 3. The standard InChI is InChI=1S/C22H17F3O2/c23-22(24,25)15-8-4-9-16(12-15)27-20-11-5-10-17-18(13-19(26)21(17)20)14-6-2-1-3-7-14/h1-12,18-19,26H,13H2. The van der Waals surface area contributed by atoms with Gasteiger partial charge in [0.05, 0.1) is 11.7 Å². The van der Waals surface area contributed by atoms with Crippen molar-refractivity contribution < 1.29 is 23.0 Å². The lowest BCUT2D eigenvalue weighted by atomic mass is 9.93. The van der Waals surface area contributed by atoms with Crippen LogP contribution in [0.15, 0.2) is 72.8 Å². The zero-order chi connectivity index (χ0) is 19.0. The maximum atomic E-state index is 12.9. The molecule has 27 heavy (non-hydrogen) atoms. The van der Waals surface area contributed by atoms with Crippen molar-refractivity contribution in [1.82, 2.24) is 0 Å². The summed E-state index contributed by atoms with van der Waals surface area (Å²) in [4.78, 5) is 0. The van der Waals surface area contributed by atoms with E-state index < -0.39 is 17.8 Å². The third-order valence-electron chi connectivity index (χ3n) is 4.86. The Morgan fingerprint density at radius 2 is 1.63 bits per heavy atom. The molecule has 1 N–H and O–H groups in total. The summed E-state index contributed by atoms with van der Waals surface area (Å²) < 4.78 is 44.5. The molecule has 0 heterocycles. The molecule has 1 aliphatic carbocycles. The summed E-state index contributed by atoms with van der Waals surface area (Å²) in [7, 11) is 0. The molecule has 3 aromatic rings. The maximum Gasteiger partial charge on any atom is 0.416 e. The molecule has 0 aromatic heterocycles. The van der Waals surface area contributed by atoms with Crippen LogP contribution in [0.4, 0.5) is 13.2 Å². The first kappa shape index (κ1) is 17.6. The van der Waals surface area contributed by atoms with Crippen LogP contribution in [-0.4, -0.2) is 5.11 Å². The summed E-state index contributed by atoms with van der Waals surface area (Å²) in [6.45, 7) is 0. The van der Waals surface area contributed by atoms with E-state index in [1.807, 2.05) is 36.4 Å². The van der Waals surface area contributed by atoms with E-state index in [1.54, 1.807) is 12.1 Å². The second-order valence-corrected chi connectivity index (χ2v) is 6.60. The molecule has 0 amide bonds. The van der Waals surface area contributed by atoms with Crippen LogP contribution < -0.4 is 4.74 Å². The highest BCUT2D eigenvalue weighted by Gasteiger charge is 2.34. The zero-order valence-corrected chi connectivity index (χ0v) is 14.3. The summed E-state index contributed by atoms with van der Waals surface area (Å²) in [6, 6.07) is 20.0. The highest BCUT2D eigenvalue weighted by molar-refractivity contribution is 5.52. The van der Waals surface area contributed by atoms with E-state index >= 15 is 0 Å². The number of benzene rings is 3. The van der Waals surface area contributed by atoms with E-state index in [1.165, 1.54) is 12.1 Å². The Balaban J connectivity index is 1.70. The van der Waals surface area contributed by atoms with Crippen LogP contribution in [0.25, 0.3) is 0 Å². The average Bonchev–Trinajstić information content (AvgIpc) is 3.00. The van der Waals surface area contributed by atoms with Crippen molar-refractivity contribution in [1.29, 1.82) is 0 Å². The van der Waals surface area contributed by atoms with Crippen LogP contribution in [0.1, 0.15) is 40.7 Å². The lowest BCUT2D eigenvalue weighted by Crippen LogP contribution is -2.04. The molecule has 0 fully saturated rings. The quantitative estimate of drug-likeness (QED) is 0.607. The minimum absolute atomic E-state index is 0.0289. The molecule has 2 nitrogen and oxygen atoms in total. The van der Waals surface area contributed by atoms with E-state index in [-0.39, 0.29) is 11.7 Å². The normalized spacial score (nSPS) is 19.0.